The topological polar surface area (TPSA) is 132 Å². The summed E-state index contributed by atoms with van der Waals surface area (Å²) in [6.07, 6.45) is 1.84. The lowest BCUT2D eigenvalue weighted by Gasteiger charge is -2.17. The minimum absolute atomic E-state index is 0.558. The van der Waals surface area contributed by atoms with Crippen LogP contribution < -0.4 is 27.9 Å². The van der Waals surface area contributed by atoms with Crippen LogP contribution in [-0.2, 0) is 0 Å². The van der Waals surface area contributed by atoms with Crippen LogP contribution in [0, 0.1) is 10.2 Å². The molecule has 0 aliphatic heterocycles. The van der Waals surface area contributed by atoms with Gasteiger partial charge < -0.3 is 9.15 Å². The van der Waals surface area contributed by atoms with E-state index >= 15 is 0 Å². The number of benzene rings is 1. The number of hydrogen-bond acceptors (Lipinski definition) is 7. The van der Waals surface area contributed by atoms with E-state index in [9.17, 15) is 0 Å². The number of halogens is 1. The highest BCUT2D eigenvalue weighted by Crippen LogP contribution is 2.19. The zero-order valence-corrected chi connectivity index (χ0v) is 12.1. The molecule has 0 aliphatic carbocycles. The van der Waals surface area contributed by atoms with Crippen LogP contribution >= 0.6 is 0 Å². The van der Waals surface area contributed by atoms with E-state index < -0.39 is 10.2 Å². The molecule has 0 N–H and O–H groups in total. The van der Waals surface area contributed by atoms with Crippen LogP contribution in [0.15, 0.2) is 53.1 Å². The van der Waals surface area contributed by atoms with Gasteiger partial charge in [-0.1, -0.05) is 30.3 Å². The summed E-state index contributed by atoms with van der Waals surface area (Å²) >= 11 is 0. The molecule has 8 nitrogen and oxygen atoms in total. The lowest BCUT2D eigenvalue weighted by atomic mass is 10.2. The fourth-order valence-corrected chi connectivity index (χ4v) is 1.68. The summed E-state index contributed by atoms with van der Waals surface area (Å²) in [6.45, 7) is 0. The Bertz CT molecular complexity index is 735. The zero-order valence-electron chi connectivity index (χ0n) is 11.3. The van der Waals surface area contributed by atoms with E-state index in [1.807, 2.05) is 42.6 Å². The Kier molecular flexibility index (Phi) is 4.91. The molecule has 0 saturated carbocycles. The molecule has 22 heavy (non-hydrogen) atoms. The predicted octanol–water partition coefficient (Wildman–Crippen LogP) is -2.67. The van der Waals surface area contributed by atoms with Crippen molar-refractivity contribution >= 4 is 5.71 Å². The van der Waals surface area contributed by atoms with E-state index in [1.165, 1.54) is 0 Å². The zero-order chi connectivity index (χ0) is 16.2. The van der Waals surface area contributed by atoms with Gasteiger partial charge in [-0.3, -0.25) is 0 Å². The van der Waals surface area contributed by atoms with Crippen LogP contribution in [-0.4, -0.2) is 12.2 Å². The molecule has 116 valence electrons. The van der Waals surface area contributed by atoms with Gasteiger partial charge in [-0.2, -0.15) is 0 Å². The lowest BCUT2D eigenvalue weighted by Crippen LogP contribution is -2.68. The second-order valence-corrected chi connectivity index (χ2v) is 4.75. The van der Waals surface area contributed by atoms with E-state index in [4.69, 9.17) is 27.8 Å². The highest BCUT2D eigenvalue weighted by Gasteiger charge is 2.15. The van der Waals surface area contributed by atoms with Gasteiger partial charge in [-0.15, -0.1) is 10.2 Å². The van der Waals surface area contributed by atoms with Gasteiger partial charge in [0.25, 0.3) is 5.88 Å². The Balaban J connectivity index is 0.000000309. The van der Waals surface area contributed by atoms with Crippen molar-refractivity contribution in [1.29, 1.82) is 0 Å². The van der Waals surface area contributed by atoms with Crippen LogP contribution in [0.1, 0.15) is 0 Å². The van der Waals surface area contributed by atoms with Gasteiger partial charge in [0.1, 0.15) is 0 Å². The molecule has 3 rings (SSSR count). The third-order valence-electron chi connectivity index (χ3n) is 2.52. The second-order valence-electron chi connectivity index (χ2n) is 4.00. The molecule has 1 aromatic carbocycles. The third-order valence-corrected chi connectivity index (χ3v) is 2.52. The molecule has 0 amide bonds. The summed E-state index contributed by atoms with van der Waals surface area (Å²) in [5.41, 5.74) is 1.71. The lowest BCUT2D eigenvalue weighted by molar-refractivity contribution is -2.00. The second kappa shape index (κ2) is 6.69. The summed E-state index contributed by atoms with van der Waals surface area (Å²) < 4.78 is 46.4. The maximum Gasteiger partial charge on any atom is 0.405 e. The van der Waals surface area contributed by atoms with Gasteiger partial charge in [0.05, 0.1) is 13.2 Å². The first kappa shape index (κ1) is 16.1. The fraction of sp³-hybridized carbons (Fsp3) is 0.0769. The van der Waals surface area contributed by atoms with Crippen LogP contribution in [0.2, 0.25) is 0 Å². The smallest absolute Gasteiger partial charge is 0.405 e. The van der Waals surface area contributed by atoms with Crippen molar-refractivity contribution in [1.82, 2.24) is 5.10 Å². The Hall–Kier alpha value is -2.23. The fourth-order valence-electron chi connectivity index (χ4n) is 1.68. The van der Waals surface area contributed by atoms with E-state index in [0.29, 0.717) is 11.6 Å². The SMILES string of the molecule is COc1ccc2oc(-c3ccccc3)c[n+]2n1.[O-][Cl+3]([O-])([O-])[O-]. The summed E-state index contributed by atoms with van der Waals surface area (Å²) in [4.78, 5) is 0. The molecule has 0 bridgehead atoms. The Morgan fingerprint density at radius 3 is 2.27 bits per heavy atom. The Morgan fingerprint density at radius 2 is 1.68 bits per heavy atom. The average Bonchev–Trinajstić information content (AvgIpc) is 2.89. The molecule has 0 unspecified atom stereocenters. The van der Waals surface area contributed by atoms with E-state index in [-0.39, 0.29) is 0 Å². The van der Waals surface area contributed by atoms with Gasteiger partial charge in [-0.05, 0) is 4.52 Å². The molecule has 0 radical (unpaired) electrons. The maximum atomic E-state index is 8.49. The molecule has 0 fully saturated rings. The Labute approximate surface area is 127 Å². The van der Waals surface area contributed by atoms with Gasteiger partial charge in [0.15, 0.2) is 0 Å². The van der Waals surface area contributed by atoms with Crippen LogP contribution in [0.5, 0.6) is 5.88 Å². The number of aromatic nitrogens is 2. The average molecular weight is 327 g/mol. The predicted molar refractivity (Wildman–Crippen MR) is 61.7 cm³/mol. The Morgan fingerprint density at radius 1 is 1.05 bits per heavy atom. The largest absolute Gasteiger partial charge is 0.477 e. The minimum Gasteiger partial charge on any atom is -0.477 e. The summed E-state index contributed by atoms with van der Waals surface area (Å²) in [7, 11) is -3.35. The number of nitrogens with zero attached hydrogens (tertiary/aromatic N) is 2. The monoisotopic (exact) mass is 326 g/mol. The first-order valence-electron chi connectivity index (χ1n) is 5.90. The molecule has 2 heterocycles. The molecule has 0 aliphatic rings. The van der Waals surface area contributed by atoms with Gasteiger partial charge in [0, 0.05) is 16.7 Å². The van der Waals surface area contributed by atoms with E-state index in [2.05, 4.69) is 5.10 Å². The molecule has 0 saturated heterocycles. The van der Waals surface area contributed by atoms with Crippen molar-refractivity contribution in [3.63, 3.8) is 0 Å². The van der Waals surface area contributed by atoms with Crippen molar-refractivity contribution in [2.75, 3.05) is 7.11 Å². The third kappa shape index (κ3) is 4.65. The minimum atomic E-state index is -4.94. The van der Waals surface area contributed by atoms with Crippen LogP contribution in [0.25, 0.3) is 17.0 Å². The number of hydrogen-bond donors (Lipinski definition) is 0. The maximum absolute atomic E-state index is 8.49. The van der Waals surface area contributed by atoms with Crippen molar-refractivity contribution < 1.29 is 42.5 Å². The first-order valence-corrected chi connectivity index (χ1v) is 7.14. The molecule has 2 aromatic heterocycles. The van der Waals surface area contributed by atoms with Gasteiger partial charge in [-0.25, -0.2) is 18.6 Å². The van der Waals surface area contributed by atoms with Crippen LogP contribution in [0.4, 0.5) is 0 Å². The van der Waals surface area contributed by atoms with E-state index in [1.54, 1.807) is 17.7 Å². The number of oxazole rings is 1. The van der Waals surface area contributed by atoms with Gasteiger partial charge >= 0.3 is 5.71 Å². The van der Waals surface area contributed by atoms with E-state index in [0.717, 1.165) is 11.3 Å². The number of methoxy groups -OCH3 is 1. The highest BCUT2D eigenvalue weighted by atomic mass is 35.7. The van der Waals surface area contributed by atoms with Crippen molar-refractivity contribution in [2.24, 2.45) is 0 Å². The normalized spacial score (nSPS) is 11.0. The van der Waals surface area contributed by atoms with Crippen molar-refractivity contribution in [3.05, 3.63) is 48.7 Å². The molecular formula is C13H11ClN2O6. The molecule has 0 spiro atoms. The van der Waals surface area contributed by atoms with Gasteiger partial charge in [0.2, 0.25) is 12.0 Å². The summed E-state index contributed by atoms with van der Waals surface area (Å²) in [6, 6.07) is 13.5. The molecule has 3 aromatic rings. The highest BCUT2D eigenvalue weighted by molar-refractivity contribution is 5.56. The number of ether oxygens (including phenoxy) is 1. The van der Waals surface area contributed by atoms with Crippen molar-refractivity contribution in [3.8, 4) is 17.2 Å². The molecule has 9 heteroatoms. The molecule has 0 atom stereocenters. The standard InChI is InChI=1S/C13H11N2O2.ClHO4/c1-16-12-7-8-13-15(14-12)9-11(17-13)10-5-3-2-4-6-10;2-1(3,4)5/h2-9H,1H3;(H,2,3,4,5)/q+1;/p-1. The summed E-state index contributed by atoms with van der Waals surface area (Å²) in [5, 5.41) is 4.24. The first-order chi connectivity index (χ1) is 10.4. The quantitative estimate of drug-likeness (QED) is 0.469. The van der Waals surface area contributed by atoms with Crippen LogP contribution in [0.3, 0.4) is 0 Å². The van der Waals surface area contributed by atoms with Crippen molar-refractivity contribution in [2.45, 2.75) is 0 Å². The number of rotatable bonds is 2. The summed E-state index contributed by atoms with van der Waals surface area (Å²) in [5.74, 6) is 1.34. The molecular weight excluding hydrogens is 316 g/mol. The number of fused-ring (bicyclic) bond motifs is 1.